The Morgan fingerprint density at radius 1 is 1.17 bits per heavy atom. The van der Waals surface area contributed by atoms with Crippen LogP contribution in [0, 0.1) is 5.82 Å². The van der Waals surface area contributed by atoms with E-state index in [1.807, 2.05) is 0 Å². The Kier molecular flexibility index (Phi) is 6.31. The van der Waals surface area contributed by atoms with Crippen LogP contribution in [0.5, 0.6) is 11.5 Å². The summed E-state index contributed by atoms with van der Waals surface area (Å²) in [5.74, 6) is -0.380. The molecule has 0 fully saturated rings. The number of alkyl halides is 2. The van der Waals surface area contributed by atoms with Crippen LogP contribution in [0.25, 0.3) is 0 Å². The van der Waals surface area contributed by atoms with Gasteiger partial charge in [0.25, 0.3) is 0 Å². The first-order chi connectivity index (χ1) is 11.5. The van der Waals surface area contributed by atoms with Crippen LogP contribution in [-0.4, -0.2) is 19.9 Å². The maximum atomic E-state index is 12.9. The van der Waals surface area contributed by atoms with Gasteiger partial charge in [0.15, 0.2) is 11.5 Å². The average molecular weight is 360 g/mol. The van der Waals surface area contributed by atoms with Gasteiger partial charge in [-0.05, 0) is 30.3 Å². The predicted molar refractivity (Wildman–Crippen MR) is 83.4 cm³/mol. The fourth-order valence-corrected chi connectivity index (χ4v) is 2.02. The van der Waals surface area contributed by atoms with Gasteiger partial charge in [-0.3, -0.25) is 0 Å². The normalized spacial score (nSPS) is 11.1. The summed E-state index contributed by atoms with van der Waals surface area (Å²) >= 11 is 5.86. The Labute approximate surface area is 141 Å². The zero-order valence-corrected chi connectivity index (χ0v) is 13.3. The van der Waals surface area contributed by atoms with E-state index in [0.717, 1.165) is 0 Å². The van der Waals surface area contributed by atoms with Crippen molar-refractivity contribution in [1.29, 1.82) is 0 Å². The van der Waals surface area contributed by atoms with Crippen molar-refractivity contribution in [3.8, 4) is 11.5 Å². The van der Waals surface area contributed by atoms with E-state index in [9.17, 15) is 13.2 Å². The molecule has 0 bridgehead atoms. The summed E-state index contributed by atoms with van der Waals surface area (Å²) in [6.45, 7) is -2.89. The lowest BCUT2D eigenvalue weighted by Crippen LogP contribution is -2.03. The van der Waals surface area contributed by atoms with Crippen LogP contribution in [0.2, 0.25) is 5.02 Å². The van der Waals surface area contributed by atoms with E-state index in [1.54, 1.807) is 0 Å². The number of rotatable bonds is 7. The minimum Gasteiger partial charge on any atom is -0.493 e. The third kappa shape index (κ3) is 5.06. The monoisotopic (exact) mass is 359 g/mol. The van der Waals surface area contributed by atoms with E-state index in [2.05, 4.69) is 9.89 Å². The summed E-state index contributed by atoms with van der Waals surface area (Å²) in [7, 11) is 1.33. The zero-order valence-electron chi connectivity index (χ0n) is 12.5. The number of benzene rings is 2. The van der Waals surface area contributed by atoms with Gasteiger partial charge in [0, 0.05) is 11.1 Å². The minimum absolute atomic E-state index is 0.0549. The smallest absolute Gasteiger partial charge is 0.387 e. The first kappa shape index (κ1) is 17.9. The summed E-state index contributed by atoms with van der Waals surface area (Å²) in [6, 6.07) is 8.25. The number of nitrogens with zero attached hydrogens (tertiary/aromatic N) is 1. The molecule has 0 spiro atoms. The van der Waals surface area contributed by atoms with Gasteiger partial charge in [0.1, 0.15) is 12.4 Å². The summed E-state index contributed by atoms with van der Waals surface area (Å²) in [4.78, 5) is 5.08. The lowest BCUT2D eigenvalue weighted by molar-refractivity contribution is -0.0512. The van der Waals surface area contributed by atoms with Crippen LogP contribution in [0.3, 0.4) is 0 Å². The number of oxime groups is 1. The highest BCUT2D eigenvalue weighted by atomic mass is 35.5. The van der Waals surface area contributed by atoms with E-state index in [0.29, 0.717) is 11.1 Å². The van der Waals surface area contributed by atoms with Crippen LogP contribution in [-0.2, 0) is 11.4 Å². The molecule has 0 atom stereocenters. The standard InChI is InChI=1S/C16H13ClF3NO3/c1-22-15-6-10(2-5-14(15)24-16(19)20)8-21-23-9-11-3-4-12(18)7-13(11)17/h2-8,16H,9H2,1H3. The summed E-state index contributed by atoms with van der Waals surface area (Å²) in [5, 5.41) is 3.98. The Morgan fingerprint density at radius 2 is 1.96 bits per heavy atom. The fourth-order valence-electron chi connectivity index (χ4n) is 1.80. The molecule has 24 heavy (non-hydrogen) atoms. The van der Waals surface area contributed by atoms with Gasteiger partial charge in [-0.25, -0.2) is 4.39 Å². The SMILES string of the molecule is COc1cc(C=NOCc2ccc(F)cc2Cl)ccc1OC(F)F. The molecule has 2 aromatic rings. The Morgan fingerprint density at radius 3 is 2.62 bits per heavy atom. The van der Waals surface area contributed by atoms with Crippen molar-refractivity contribution in [2.24, 2.45) is 5.16 Å². The molecule has 128 valence electrons. The molecule has 0 amide bonds. The lowest BCUT2D eigenvalue weighted by atomic mass is 10.2. The van der Waals surface area contributed by atoms with Crippen molar-refractivity contribution in [2.75, 3.05) is 7.11 Å². The van der Waals surface area contributed by atoms with Crippen molar-refractivity contribution in [2.45, 2.75) is 13.2 Å². The first-order valence-corrected chi connectivity index (χ1v) is 7.09. The van der Waals surface area contributed by atoms with Gasteiger partial charge >= 0.3 is 6.61 Å². The van der Waals surface area contributed by atoms with Gasteiger partial charge in [0.05, 0.1) is 18.3 Å². The number of halogens is 4. The zero-order chi connectivity index (χ0) is 17.5. The van der Waals surface area contributed by atoms with E-state index in [-0.39, 0.29) is 23.1 Å². The molecule has 0 radical (unpaired) electrons. The Bertz CT molecular complexity index is 726. The summed E-state index contributed by atoms with van der Waals surface area (Å²) in [6.07, 6.45) is 1.37. The molecule has 0 saturated heterocycles. The van der Waals surface area contributed by atoms with Crippen LogP contribution in [0.1, 0.15) is 11.1 Å². The lowest BCUT2D eigenvalue weighted by Gasteiger charge is -2.09. The van der Waals surface area contributed by atoms with Crippen LogP contribution in [0.4, 0.5) is 13.2 Å². The number of hydrogen-bond donors (Lipinski definition) is 0. The van der Waals surface area contributed by atoms with Crippen LogP contribution < -0.4 is 9.47 Å². The predicted octanol–water partition coefficient (Wildman–Crippen LogP) is 4.64. The fraction of sp³-hybridized carbons (Fsp3) is 0.188. The van der Waals surface area contributed by atoms with Crippen molar-refractivity contribution in [3.05, 3.63) is 58.4 Å². The Hall–Kier alpha value is -2.41. The van der Waals surface area contributed by atoms with Crippen molar-refractivity contribution in [3.63, 3.8) is 0 Å². The van der Waals surface area contributed by atoms with Crippen LogP contribution in [0.15, 0.2) is 41.6 Å². The molecule has 2 aromatic carbocycles. The molecule has 4 nitrogen and oxygen atoms in total. The molecule has 0 aliphatic heterocycles. The second kappa shape index (κ2) is 8.44. The molecular formula is C16H13ClF3NO3. The van der Waals surface area contributed by atoms with E-state index in [4.69, 9.17) is 21.2 Å². The van der Waals surface area contributed by atoms with Crippen molar-refractivity contribution >= 4 is 17.8 Å². The molecule has 0 aliphatic carbocycles. The highest BCUT2D eigenvalue weighted by Gasteiger charge is 2.10. The van der Waals surface area contributed by atoms with E-state index >= 15 is 0 Å². The molecule has 2 rings (SSSR count). The third-order valence-corrected chi connectivity index (χ3v) is 3.27. The molecular weight excluding hydrogens is 347 g/mol. The minimum atomic E-state index is -2.94. The van der Waals surface area contributed by atoms with E-state index < -0.39 is 12.4 Å². The molecule has 8 heteroatoms. The molecule has 0 aromatic heterocycles. The largest absolute Gasteiger partial charge is 0.493 e. The summed E-state index contributed by atoms with van der Waals surface area (Å²) < 4.78 is 46.7. The molecule has 0 N–H and O–H groups in total. The first-order valence-electron chi connectivity index (χ1n) is 6.71. The second-order valence-corrected chi connectivity index (χ2v) is 4.94. The highest BCUT2D eigenvalue weighted by Crippen LogP contribution is 2.29. The van der Waals surface area contributed by atoms with Crippen molar-refractivity contribution < 1.29 is 27.5 Å². The molecule has 0 aliphatic rings. The third-order valence-electron chi connectivity index (χ3n) is 2.92. The van der Waals surface area contributed by atoms with Gasteiger partial charge in [0.2, 0.25) is 0 Å². The summed E-state index contributed by atoms with van der Waals surface area (Å²) in [5.41, 5.74) is 1.13. The quantitative estimate of drug-likeness (QED) is 0.534. The highest BCUT2D eigenvalue weighted by molar-refractivity contribution is 6.31. The maximum Gasteiger partial charge on any atom is 0.387 e. The molecule has 0 heterocycles. The second-order valence-electron chi connectivity index (χ2n) is 4.53. The number of ether oxygens (including phenoxy) is 2. The van der Waals surface area contributed by atoms with Crippen LogP contribution >= 0.6 is 11.6 Å². The maximum absolute atomic E-state index is 12.9. The van der Waals surface area contributed by atoms with Gasteiger partial charge in [-0.1, -0.05) is 22.8 Å². The number of methoxy groups -OCH3 is 1. The van der Waals surface area contributed by atoms with Gasteiger partial charge in [-0.15, -0.1) is 0 Å². The Balaban J connectivity index is 1.98. The van der Waals surface area contributed by atoms with Gasteiger partial charge in [-0.2, -0.15) is 8.78 Å². The van der Waals surface area contributed by atoms with Crippen molar-refractivity contribution in [1.82, 2.24) is 0 Å². The van der Waals surface area contributed by atoms with Gasteiger partial charge < -0.3 is 14.3 Å². The van der Waals surface area contributed by atoms with E-state index in [1.165, 1.54) is 49.7 Å². The topological polar surface area (TPSA) is 40.0 Å². The number of hydrogen-bond acceptors (Lipinski definition) is 4. The molecule has 0 unspecified atom stereocenters. The molecule has 0 saturated carbocycles. The average Bonchev–Trinajstić information content (AvgIpc) is 2.53.